The molecule has 1 aliphatic rings. The normalized spacial score (nSPS) is 17.3. The Morgan fingerprint density at radius 3 is 2.95 bits per heavy atom. The molecule has 1 heterocycles. The van der Waals surface area contributed by atoms with Gasteiger partial charge < -0.3 is 11.1 Å². The van der Waals surface area contributed by atoms with Crippen molar-refractivity contribution in [3.8, 4) is 0 Å². The monoisotopic (exact) mass is 300 g/mol. The van der Waals surface area contributed by atoms with E-state index in [0.29, 0.717) is 0 Å². The topological polar surface area (TPSA) is 55.1 Å². The Morgan fingerprint density at radius 1 is 1.33 bits per heavy atom. The number of benzene rings is 1. The molecule has 0 fully saturated rings. The molecule has 3 rings (SSSR count). The van der Waals surface area contributed by atoms with E-state index < -0.39 is 0 Å². The number of thiophene rings is 1. The summed E-state index contributed by atoms with van der Waals surface area (Å²) in [6.45, 7) is 3.98. The van der Waals surface area contributed by atoms with Gasteiger partial charge in [-0.1, -0.05) is 6.07 Å². The van der Waals surface area contributed by atoms with Gasteiger partial charge in [0.1, 0.15) is 0 Å². The highest BCUT2D eigenvalue weighted by atomic mass is 32.1. The van der Waals surface area contributed by atoms with Gasteiger partial charge in [-0.05, 0) is 67.3 Å². The van der Waals surface area contributed by atoms with Crippen LogP contribution in [0.5, 0.6) is 0 Å². The van der Waals surface area contributed by atoms with E-state index in [1.54, 1.807) is 11.3 Å². The summed E-state index contributed by atoms with van der Waals surface area (Å²) in [5.74, 6) is 0.0580. The number of nitrogen functional groups attached to an aromatic ring is 1. The van der Waals surface area contributed by atoms with Gasteiger partial charge >= 0.3 is 0 Å². The number of fused-ring (bicyclic) bond motifs is 1. The van der Waals surface area contributed by atoms with Crippen LogP contribution in [0, 0.1) is 13.8 Å². The maximum absolute atomic E-state index is 12.6. The first kappa shape index (κ1) is 14.1. The van der Waals surface area contributed by atoms with Crippen molar-refractivity contribution in [1.82, 2.24) is 0 Å². The van der Waals surface area contributed by atoms with Crippen LogP contribution in [-0.2, 0) is 11.2 Å². The van der Waals surface area contributed by atoms with Crippen molar-refractivity contribution in [3.63, 3.8) is 0 Å². The van der Waals surface area contributed by atoms with Crippen LogP contribution in [0.15, 0.2) is 23.6 Å². The van der Waals surface area contributed by atoms with Crippen molar-refractivity contribution in [2.75, 3.05) is 11.1 Å². The van der Waals surface area contributed by atoms with Gasteiger partial charge in [0.05, 0.1) is 5.92 Å². The summed E-state index contributed by atoms with van der Waals surface area (Å²) in [6.07, 6.45) is 3.11. The number of rotatable bonds is 2. The van der Waals surface area contributed by atoms with Crippen molar-refractivity contribution in [3.05, 3.63) is 45.1 Å². The second-order valence-electron chi connectivity index (χ2n) is 5.76. The zero-order valence-electron chi connectivity index (χ0n) is 12.4. The summed E-state index contributed by atoms with van der Waals surface area (Å²) in [6, 6.07) is 5.97. The van der Waals surface area contributed by atoms with Crippen LogP contribution in [-0.4, -0.2) is 5.91 Å². The van der Waals surface area contributed by atoms with Crippen LogP contribution < -0.4 is 11.1 Å². The number of anilines is 2. The Kier molecular flexibility index (Phi) is 3.72. The fourth-order valence-electron chi connectivity index (χ4n) is 2.98. The summed E-state index contributed by atoms with van der Waals surface area (Å²) in [5.41, 5.74) is 10.8. The number of carbonyl (C=O) groups is 1. The zero-order chi connectivity index (χ0) is 15.0. The third-order valence-corrected chi connectivity index (χ3v) is 5.24. The van der Waals surface area contributed by atoms with Crippen molar-refractivity contribution in [2.24, 2.45) is 0 Å². The smallest absolute Gasteiger partial charge is 0.231 e. The van der Waals surface area contributed by atoms with E-state index in [2.05, 4.69) is 16.8 Å². The predicted octanol–water partition coefficient (Wildman–Crippen LogP) is 4.01. The molecule has 1 aromatic carbocycles. The number of hydrogen-bond donors (Lipinski definition) is 2. The number of carbonyl (C=O) groups excluding carboxylic acids is 1. The van der Waals surface area contributed by atoms with E-state index in [0.717, 1.165) is 41.8 Å². The molecule has 1 amide bonds. The van der Waals surface area contributed by atoms with Crippen molar-refractivity contribution < 1.29 is 4.79 Å². The molecule has 3 nitrogen and oxygen atoms in total. The Morgan fingerprint density at radius 2 is 2.14 bits per heavy atom. The van der Waals surface area contributed by atoms with Crippen molar-refractivity contribution in [2.45, 2.75) is 39.0 Å². The number of amides is 1. The first-order valence-electron chi connectivity index (χ1n) is 7.30. The first-order chi connectivity index (χ1) is 10.1. The van der Waals surface area contributed by atoms with Gasteiger partial charge in [0.25, 0.3) is 0 Å². The zero-order valence-corrected chi connectivity index (χ0v) is 13.2. The van der Waals surface area contributed by atoms with Gasteiger partial charge in [0, 0.05) is 16.3 Å². The van der Waals surface area contributed by atoms with Crippen LogP contribution in [0.1, 0.15) is 40.3 Å². The van der Waals surface area contributed by atoms with Gasteiger partial charge in [-0.15, -0.1) is 11.3 Å². The van der Waals surface area contributed by atoms with Gasteiger partial charge in [-0.3, -0.25) is 4.79 Å². The van der Waals surface area contributed by atoms with E-state index in [-0.39, 0.29) is 11.8 Å². The molecule has 21 heavy (non-hydrogen) atoms. The lowest BCUT2D eigenvalue weighted by molar-refractivity contribution is -0.117. The maximum atomic E-state index is 12.6. The molecule has 1 unspecified atom stereocenters. The molecule has 1 aliphatic carbocycles. The molecule has 110 valence electrons. The number of nitrogens with one attached hydrogen (secondary N) is 1. The van der Waals surface area contributed by atoms with E-state index in [9.17, 15) is 4.79 Å². The molecule has 3 N–H and O–H groups in total. The summed E-state index contributed by atoms with van der Waals surface area (Å²) in [7, 11) is 0. The minimum atomic E-state index is -0.0260. The number of nitrogens with two attached hydrogens (primary N) is 1. The van der Waals surface area contributed by atoms with Crippen molar-refractivity contribution in [1.29, 1.82) is 0 Å². The molecule has 0 bridgehead atoms. The van der Waals surface area contributed by atoms with Crippen LogP contribution in [0.3, 0.4) is 0 Å². The third-order valence-electron chi connectivity index (χ3n) is 4.24. The highest BCUT2D eigenvalue weighted by Crippen LogP contribution is 2.36. The molecule has 0 radical (unpaired) electrons. The van der Waals surface area contributed by atoms with Crippen LogP contribution >= 0.6 is 11.3 Å². The van der Waals surface area contributed by atoms with E-state index in [1.165, 1.54) is 10.4 Å². The molecule has 4 heteroatoms. The lowest BCUT2D eigenvalue weighted by Gasteiger charge is -2.22. The summed E-state index contributed by atoms with van der Waals surface area (Å²) in [4.78, 5) is 14.0. The fourth-order valence-corrected chi connectivity index (χ4v) is 3.97. The largest absolute Gasteiger partial charge is 0.398 e. The highest BCUT2D eigenvalue weighted by Gasteiger charge is 2.27. The minimum absolute atomic E-state index is 0.0260. The maximum Gasteiger partial charge on any atom is 0.231 e. The Bertz CT molecular complexity index is 690. The number of hydrogen-bond acceptors (Lipinski definition) is 3. The van der Waals surface area contributed by atoms with Crippen LogP contribution in [0.25, 0.3) is 0 Å². The number of aryl methyl sites for hydroxylation is 3. The quantitative estimate of drug-likeness (QED) is 0.823. The molecule has 0 aliphatic heterocycles. The fraction of sp³-hybridized carbons (Fsp3) is 0.353. The Balaban J connectivity index is 1.84. The van der Waals surface area contributed by atoms with Gasteiger partial charge in [-0.25, -0.2) is 0 Å². The van der Waals surface area contributed by atoms with E-state index in [4.69, 9.17) is 5.73 Å². The first-order valence-corrected chi connectivity index (χ1v) is 8.18. The Labute approximate surface area is 129 Å². The lowest BCUT2D eigenvalue weighted by Crippen LogP contribution is -2.24. The third kappa shape index (κ3) is 2.68. The average molecular weight is 300 g/mol. The minimum Gasteiger partial charge on any atom is -0.398 e. The standard InChI is InChI=1S/C17H20N2OS/c1-10-8-11(2)15(9-14(10)18)19-17(20)13-4-3-5-16-12(13)6-7-21-16/h6-9,13H,3-5,18H2,1-2H3,(H,19,20). The molecule has 1 aromatic heterocycles. The summed E-state index contributed by atoms with van der Waals surface area (Å²) < 4.78 is 0. The lowest BCUT2D eigenvalue weighted by atomic mass is 9.87. The second kappa shape index (κ2) is 5.53. The summed E-state index contributed by atoms with van der Waals surface area (Å²) >= 11 is 1.76. The average Bonchev–Trinajstić information content (AvgIpc) is 2.92. The molecule has 0 spiro atoms. The SMILES string of the molecule is Cc1cc(C)c(NC(=O)C2CCCc3sccc32)cc1N. The second-order valence-corrected chi connectivity index (χ2v) is 6.76. The van der Waals surface area contributed by atoms with Gasteiger partial charge in [-0.2, -0.15) is 0 Å². The Hall–Kier alpha value is -1.81. The van der Waals surface area contributed by atoms with Crippen LogP contribution in [0.4, 0.5) is 11.4 Å². The van der Waals surface area contributed by atoms with E-state index >= 15 is 0 Å². The predicted molar refractivity (Wildman–Crippen MR) is 89.0 cm³/mol. The van der Waals surface area contributed by atoms with Gasteiger partial charge in [0.15, 0.2) is 0 Å². The molecule has 0 saturated heterocycles. The molecular weight excluding hydrogens is 280 g/mol. The molecule has 2 aromatic rings. The summed E-state index contributed by atoms with van der Waals surface area (Å²) in [5, 5.41) is 5.15. The van der Waals surface area contributed by atoms with Crippen molar-refractivity contribution >= 4 is 28.6 Å². The molecule has 0 saturated carbocycles. The molecule has 1 atom stereocenters. The van der Waals surface area contributed by atoms with E-state index in [1.807, 2.05) is 26.0 Å². The van der Waals surface area contributed by atoms with Crippen LogP contribution in [0.2, 0.25) is 0 Å². The highest BCUT2D eigenvalue weighted by molar-refractivity contribution is 7.10. The molecular formula is C17H20N2OS. The van der Waals surface area contributed by atoms with Gasteiger partial charge in [0.2, 0.25) is 5.91 Å².